The molecule has 7 heteroatoms. The first-order chi connectivity index (χ1) is 15.5. The minimum atomic E-state index is -1.12. The molecule has 0 aliphatic carbocycles. The summed E-state index contributed by atoms with van der Waals surface area (Å²) in [5, 5.41) is 9.17. The van der Waals surface area contributed by atoms with E-state index in [4.69, 9.17) is 14.6 Å². The number of aliphatic carboxylic acids is 1. The summed E-state index contributed by atoms with van der Waals surface area (Å²) in [4.78, 5) is 29.2. The van der Waals surface area contributed by atoms with Crippen LogP contribution in [0, 0.1) is 0 Å². The van der Waals surface area contributed by atoms with Crippen molar-refractivity contribution < 1.29 is 24.2 Å². The lowest BCUT2D eigenvalue weighted by Crippen LogP contribution is -2.37. The third-order valence-electron chi connectivity index (χ3n) is 4.75. The van der Waals surface area contributed by atoms with Crippen molar-refractivity contribution in [1.29, 1.82) is 0 Å². The Morgan fingerprint density at radius 1 is 0.938 bits per heavy atom. The fraction of sp³-hybridized carbons (Fsp3) is 0.240. The standard InChI is InChI=1S/C25H26N2O5/c1-2-19-8-11-21(26-16-19)14-15-31-22-12-9-20(10-13-22)17-27(18-24(28)29)25(30)32-23-6-4-3-5-7-23/h3-13,16H,2,14-15,17-18H2,1H3,(H,28,29). The first-order valence-corrected chi connectivity index (χ1v) is 10.4. The molecule has 3 aromatic rings. The van der Waals surface area contributed by atoms with E-state index < -0.39 is 18.6 Å². The Morgan fingerprint density at radius 3 is 2.28 bits per heavy atom. The van der Waals surface area contributed by atoms with Crippen LogP contribution in [0.2, 0.25) is 0 Å². The molecule has 1 amide bonds. The minimum absolute atomic E-state index is 0.103. The van der Waals surface area contributed by atoms with E-state index in [1.165, 1.54) is 5.56 Å². The average molecular weight is 434 g/mol. The van der Waals surface area contributed by atoms with E-state index in [0.717, 1.165) is 22.6 Å². The molecule has 0 fully saturated rings. The van der Waals surface area contributed by atoms with Gasteiger partial charge in [0.2, 0.25) is 0 Å². The van der Waals surface area contributed by atoms with Crippen molar-refractivity contribution in [2.45, 2.75) is 26.3 Å². The number of rotatable bonds is 10. The summed E-state index contributed by atoms with van der Waals surface area (Å²) in [6.07, 6.45) is 2.82. The van der Waals surface area contributed by atoms with E-state index in [0.29, 0.717) is 24.5 Å². The predicted octanol–water partition coefficient (Wildman–Crippen LogP) is 4.35. The fourth-order valence-corrected chi connectivity index (χ4v) is 3.00. The van der Waals surface area contributed by atoms with Gasteiger partial charge < -0.3 is 14.6 Å². The SMILES string of the molecule is CCc1ccc(CCOc2ccc(CN(CC(=O)O)C(=O)Oc3ccccc3)cc2)nc1. The molecular weight excluding hydrogens is 408 g/mol. The number of benzene rings is 2. The number of aryl methyl sites for hydroxylation is 1. The molecule has 166 valence electrons. The van der Waals surface area contributed by atoms with E-state index in [9.17, 15) is 9.59 Å². The Morgan fingerprint density at radius 2 is 1.66 bits per heavy atom. The number of carboxylic acid groups (broad SMARTS) is 1. The van der Waals surface area contributed by atoms with Crippen LogP contribution in [0.4, 0.5) is 4.79 Å². The average Bonchev–Trinajstić information content (AvgIpc) is 2.80. The van der Waals surface area contributed by atoms with E-state index >= 15 is 0 Å². The van der Waals surface area contributed by atoms with Gasteiger partial charge in [0.15, 0.2) is 0 Å². The van der Waals surface area contributed by atoms with E-state index in [1.54, 1.807) is 54.6 Å². The van der Waals surface area contributed by atoms with Gasteiger partial charge in [-0.05, 0) is 47.9 Å². The van der Waals surface area contributed by atoms with Crippen molar-refractivity contribution in [3.63, 3.8) is 0 Å². The molecule has 32 heavy (non-hydrogen) atoms. The molecular formula is C25H26N2O5. The molecule has 1 aromatic heterocycles. The number of para-hydroxylation sites is 1. The first kappa shape index (κ1) is 22.8. The van der Waals surface area contributed by atoms with Crippen LogP contribution in [0.5, 0.6) is 11.5 Å². The quantitative estimate of drug-likeness (QED) is 0.510. The summed E-state index contributed by atoms with van der Waals surface area (Å²) in [5.41, 5.74) is 2.94. The van der Waals surface area contributed by atoms with Crippen molar-refractivity contribution in [2.75, 3.05) is 13.2 Å². The van der Waals surface area contributed by atoms with Crippen LogP contribution in [0.3, 0.4) is 0 Å². The first-order valence-electron chi connectivity index (χ1n) is 10.4. The zero-order valence-electron chi connectivity index (χ0n) is 17.9. The largest absolute Gasteiger partial charge is 0.493 e. The van der Waals surface area contributed by atoms with Crippen LogP contribution in [0.25, 0.3) is 0 Å². The van der Waals surface area contributed by atoms with Crippen molar-refractivity contribution in [3.8, 4) is 11.5 Å². The van der Waals surface area contributed by atoms with Crippen LogP contribution in [-0.4, -0.2) is 40.2 Å². The number of carboxylic acids is 1. The predicted molar refractivity (Wildman–Crippen MR) is 120 cm³/mol. The van der Waals surface area contributed by atoms with Gasteiger partial charge in [-0.15, -0.1) is 0 Å². The Balaban J connectivity index is 1.54. The fourth-order valence-electron chi connectivity index (χ4n) is 3.00. The molecule has 1 heterocycles. The Bertz CT molecular complexity index is 1000. The highest BCUT2D eigenvalue weighted by Crippen LogP contribution is 2.16. The number of ether oxygens (including phenoxy) is 2. The van der Waals surface area contributed by atoms with Gasteiger partial charge in [-0.1, -0.05) is 43.3 Å². The zero-order chi connectivity index (χ0) is 22.8. The number of aromatic nitrogens is 1. The smallest absolute Gasteiger partial charge is 0.416 e. The summed E-state index contributed by atoms with van der Waals surface area (Å²) in [6.45, 7) is 2.22. The second-order valence-corrected chi connectivity index (χ2v) is 7.18. The van der Waals surface area contributed by atoms with Gasteiger partial charge in [0.1, 0.15) is 18.0 Å². The number of nitrogens with zero attached hydrogens (tertiary/aromatic N) is 2. The third-order valence-corrected chi connectivity index (χ3v) is 4.75. The van der Waals surface area contributed by atoms with Gasteiger partial charge in [0.05, 0.1) is 6.61 Å². The second-order valence-electron chi connectivity index (χ2n) is 7.18. The van der Waals surface area contributed by atoms with Crippen molar-refractivity contribution in [1.82, 2.24) is 9.88 Å². The van der Waals surface area contributed by atoms with Gasteiger partial charge in [0.25, 0.3) is 0 Å². The second kappa shape index (κ2) is 11.5. The molecule has 7 nitrogen and oxygen atoms in total. The lowest BCUT2D eigenvalue weighted by Gasteiger charge is -2.20. The van der Waals surface area contributed by atoms with Gasteiger partial charge in [-0.2, -0.15) is 0 Å². The normalized spacial score (nSPS) is 10.4. The number of carbonyl (C=O) groups excluding carboxylic acids is 1. The van der Waals surface area contributed by atoms with Crippen LogP contribution < -0.4 is 9.47 Å². The lowest BCUT2D eigenvalue weighted by atomic mass is 10.2. The monoisotopic (exact) mass is 434 g/mol. The van der Waals surface area contributed by atoms with Gasteiger partial charge in [0, 0.05) is 24.9 Å². The Labute approximate surface area is 187 Å². The molecule has 0 saturated carbocycles. The Hall–Kier alpha value is -3.87. The molecule has 3 rings (SSSR count). The molecule has 0 aliphatic heterocycles. The molecule has 0 radical (unpaired) electrons. The highest BCUT2D eigenvalue weighted by molar-refractivity contribution is 5.78. The highest BCUT2D eigenvalue weighted by Gasteiger charge is 2.19. The maximum atomic E-state index is 12.4. The Kier molecular flexibility index (Phi) is 8.20. The van der Waals surface area contributed by atoms with Crippen LogP contribution in [-0.2, 0) is 24.2 Å². The highest BCUT2D eigenvalue weighted by atomic mass is 16.6. The van der Waals surface area contributed by atoms with Gasteiger partial charge in [-0.25, -0.2) is 4.79 Å². The summed E-state index contributed by atoms with van der Waals surface area (Å²) < 4.78 is 11.1. The number of pyridine rings is 1. The summed E-state index contributed by atoms with van der Waals surface area (Å²) in [5.74, 6) is -0.0680. The zero-order valence-corrected chi connectivity index (χ0v) is 17.9. The van der Waals surface area contributed by atoms with Gasteiger partial charge >= 0.3 is 12.1 Å². The molecule has 1 N–H and O–H groups in total. The summed E-state index contributed by atoms with van der Waals surface area (Å²) >= 11 is 0. The number of carbonyl (C=O) groups is 2. The van der Waals surface area contributed by atoms with Crippen LogP contribution in [0.15, 0.2) is 72.9 Å². The molecule has 0 bridgehead atoms. The van der Waals surface area contributed by atoms with Gasteiger partial charge in [-0.3, -0.25) is 14.7 Å². The molecule has 0 unspecified atom stereocenters. The van der Waals surface area contributed by atoms with E-state index in [2.05, 4.69) is 18.0 Å². The maximum Gasteiger partial charge on any atom is 0.416 e. The van der Waals surface area contributed by atoms with Crippen molar-refractivity contribution >= 4 is 12.1 Å². The topological polar surface area (TPSA) is 89.0 Å². The maximum absolute atomic E-state index is 12.4. The molecule has 0 spiro atoms. The van der Waals surface area contributed by atoms with Crippen molar-refractivity contribution in [3.05, 3.63) is 89.7 Å². The number of amides is 1. The summed E-state index contributed by atoms with van der Waals surface area (Å²) in [6, 6.07) is 19.8. The summed E-state index contributed by atoms with van der Waals surface area (Å²) in [7, 11) is 0. The number of hydrogen-bond acceptors (Lipinski definition) is 5. The minimum Gasteiger partial charge on any atom is -0.493 e. The van der Waals surface area contributed by atoms with Crippen LogP contribution in [0.1, 0.15) is 23.7 Å². The number of hydrogen-bond donors (Lipinski definition) is 1. The van der Waals surface area contributed by atoms with E-state index in [1.807, 2.05) is 12.3 Å². The lowest BCUT2D eigenvalue weighted by molar-refractivity contribution is -0.138. The third kappa shape index (κ3) is 7.12. The molecule has 0 aliphatic rings. The molecule has 0 saturated heterocycles. The molecule has 0 atom stereocenters. The molecule has 2 aromatic carbocycles. The van der Waals surface area contributed by atoms with Crippen LogP contribution >= 0.6 is 0 Å². The van der Waals surface area contributed by atoms with E-state index in [-0.39, 0.29) is 6.54 Å². The van der Waals surface area contributed by atoms with Crippen molar-refractivity contribution in [2.24, 2.45) is 0 Å².